The Balaban J connectivity index is 1.54. The fraction of sp³-hybridized carbons (Fsp3) is 0.190. The molecule has 0 aliphatic heterocycles. The zero-order valence-corrected chi connectivity index (χ0v) is 16.2. The largest absolute Gasteiger partial charge is 0.489 e. The highest BCUT2D eigenvalue weighted by Crippen LogP contribution is 2.30. The number of benzene rings is 1. The quantitative estimate of drug-likeness (QED) is 0.523. The predicted molar refractivity (Wildman–Crippen MR) is 108 cm³/mol. The van der Waals surface area contributed by atoms with Crippen LogP contribution < -0.4 is 10.5 Å². The van der Waals surface area contributed by atoms with Gasteiger partial charge >= 0.3 is 0 Å². The number of pyridine rings is 1. The molecular formula is C21H21FN6O. The summed E-state index contributed by atoms with van der Waals surface area (Å²) in [4.78, 5) is 4.25. The summed E-state index contributed by atoms with van der Waals surface area (Å²) in [6.45, 7) is 4.19. The lowest BCUT2D eigenvalue weighted by Crippen LogP contribution is -2.08. The van der Waals surface area contributed by atoms with E-state index in [9.17, 15) is 4.39 Å². The van der Waals surface area contributed by atoms with Crippen molar-refractivity contribution in [2.75, 3.05) is 12.3 Å². The van der Waals surface area contributed by atoms with Crippen molar-refractivity contribution in [1.29, 1.82) is 0 Å². The van der Waals surface area contributed by atoms with E-state index in [0.29, 0.717) is 24.6 Å². The summed E-state index contributed by atoms with van der Waals surface area (Å²) in [5, 5.41) is 11.4. The molecule has 3 aromatic heterocycles. The monoisotopic (exact) mass is 392 g/mol. The molecule has 4 aromatic rings. The summed E-state index contributed by atoms with van der Waals surface area (Å²) < 4.78 is 21.4. The van der Waals surface area contributed by atoms with Gasteiger partial charge in [-0.25, -0.2) is 14.1 Å². The van der Waals surface area contributed by atoms with E-state index >= 15 is 0 Å². The minimum absolute atomic E-state index is 0.301. The van der Waals surface area contributed by atoms with E-state index in [0.717, 1.165) is 33.8 Å². The minimum atomic E-state index is -0.301. The first-order valence-electron chi connectivity index (χ1n) is 9.21. The Morgan fingerprint density at radius 1 is 1.24 bits per heavy atom. The summed E-state index contributed by atoms with van der Waals surface area (Å²) in [5.74, 6) is 0.489. The molecule has 0 radical (unpaired) electrons. The Labute approximate surface area is 167 Å². The standard InChI is InChI=1S/C21H21FN6O/c1-13-20(14(2)27-26-13)16-11-19(21(23)24-12-16)29-9-6-15-10-17(22)4-5-18(15)28-8-3-7-25-28/h3-5,7-8,10-12H,6,9H2,1-2H3,(H2,23,24)(H,26,27). The van der Waals surface area contributed by atoms with E-state index in [1.54, 1.807) is 23.1 Å². The second-order valence-electron chi connectivity index (χ2n) is 6.74. The molecule has 0 aliphatic rings. The topological polar surface area (TPSA) is 94.6 Å². The molecule has 4 rings (SSSR count). The average molecular weight is 392 g/mol. The van der Waals surface area contributed by atoms with Crippen LogP contribution >= 0.6 is 0 Å². The van der Waals surface area contributed by atoms with Gasteiger partial charge in [-0.2, -0.15) is 10.2 Å². The van der Waals surface area contributed by atoms with Crippen molar-refractivity contribution in [2.45, 2.75) is 20.3 Å². The number of rotatable bonds is 6. The third-order valence-electron chi connectivity index (χ3n) is 4.72. The minimum Gasteiger partial charge on any atom is -0.489 e. The molecule has 8 heteroatoms. The Morgan fingerprint density at radius 3 is 2.83 bits per heavy atom. The van der Waals surface area contributed by atoms with Crippen LogP contribution in [0.15, 0.2) is 48.9 Å². The first-order chi connectivity index (χ1) is 14.0. The van der Waals surface area contributed by atoms with E-state index < -0.39 is 0 Å². The van der Waals surface area contributed by atoms with Crippen LogP contribution in [0.1, 0.15) is 17.0 Å². The van der Waals surface area contributed by atoms with Gasteiger partial charge < -0.3 is 10.5 Å². The molecule has 29 heavy (non-hydrogen) atoms. The highest BCUT2D eigenvalue weighted by atomic mass is 19.1. The molecule has 0 bridgehead atoms. The highest BCUT2D eigenvalue weighted by Gasteiger charge is 2.13. The summed E-state index contributed by atoms with van der Waals surface area (Å²) in [6.07, 6.45) is 5.69. The molecule has 0 atom stereocenters. The smallest absolute Gasteiger partial charge is 0.166 e. The van der Waals surface area contributed by atoms with Gasteiger partial charge in [0, 0.05) is 41.8 Å². The lowest BCUT2D eigenvalue weighted by Gasteiger charge is -2.13. The fourth-order valence-corrected chi connectivity index (χ4v) is 3.34. The van der Waals surface area contributed by atoms with Crippen molar-refractivity contribution in [1.82, 2.24) is 25.0 Å². The number of nitrogens with two attached hydrogens (primary N) is 1. The first-order valence-corrected chi connectivity index (χ1v) is 9.21. The maximum Gasteiger partial charge on any atom is 0.166 e. The number of aryl methyl sites for hydroxylation is 2. The number of anilines is 1. The number of aromatic nitrogens is 5. The first kappa shape index (κ1) is 18.7. The molecule has 3 heterocycles. The second-order valence-corrected chi connectivity index (χ2v) is 6.74. The fourth-order valence-electron chi connectivity index (χ4n) is 3.34. The molecule has 0 saturated heterocycles. The zero-order valence-electron chi connectivity index (χ0n) is 16.2. The summed E-state index contributed by atoms with van der Waals surface area (Å²) in [5.41, 5.74) is 11.3. The van der Waals surface area contributed by atoms with Crippen molar-refractivity contribution in [3.8, 4) is 22.6 Å². The molecule has 0 aliphatic carbocycles. The van der Waals surface area contributed by atoms with Gasteiger partial charge in [0.25, 0.3) is 0 Å². The molecule has 7 nitrogen and oxygen atoms in total. The van der Waals surface area contributed by atoms with Crippen LogP contribution in [0.4, 0.5) is 10.2 Å². The molecule has 1 aromatic carbocycles. The zero-order chi connectivity index (χ0) is 20.4. The van der Waals surface area contributed by atoms with Gasteiger partial charge in [0.15, 0.2) is 11.6 Å². The third-order valence-corrected chi connectivity index (χ3v) is 4.72. The number of halogens is 1. The number of hydrogen-bond donors (Lipinski definition) is 2. The van der Waals surface area contributed by atoms with Crippen LogP contribution in [0.3, 0.4) is 0 Å². The van der Waals surface area contributed by atoms with Gasteiger partial charge in [-0.05, 0) is 49.7 Å². The van der Waals surface area contributed by atoms with Crippen molar-refractivity contribution in [3.63, 3.8) is 0 Å². The highest BCUT2D eigenvalue weighted by molar-refractivity contribution is 5.70. The maximum absolute atomic E-state index is 13.8. The van der Waals surface area contributed by atoms with Crippen molar-refractivity contribution in [3.05, 3.63) is 71.7 Å². The van der Waals surface area contributed by atoms with E-state index in [2.05, 4.69) is 20.3 Å². The number of aromatic amines is 1. The molecular weight excluding hydrogens is 371 g/mol. The number of nitrogens with zero attached hydrogens (tertiary/aromatic N) is 4. The number of ether oxygens (including phenoxy) is 1. The number of hydrogen-bond acceptors (Lipinski definition) is 5. The van der Waals surface area contributed by atoms with Crippen molar-refractivity contribution < 1.29 is 9.13 Å². The van der Waals surface area contributed by atoms with Gasteiger partial charge in [0.1, 0.15) is 5.82 Å². The number of nitrogens with one attached hydrogen (secondary N) is 1. The third kappa shape index (κ3) is 3.82. The molecule has 148 valence electrons. The van der Waals surface area contributed by atoms with Gasteiger partial charge in [-0.1, -0.05) is 0 Å². The number of H-pyrrole nitrogens is 1. The summed E-state index contributed by atoms with van der Waals surface area (Å²) >= 11 is 0. The Kier molecular flexibility index (Phi) is 4.99. The Bertz CT molecular complexity index is 1120. The SMILES string of the molecule is Cc1n[nH]c(C)c1-c1cnc(N)c(OCCc2cc(F)ccc2-n2cccn2)c1. The predicted octanol–water partition coefficient (Wildman–Crippen LogP) is 3.62. The molecule has 0 saturated carbocycles. The van der Waals surface area contributed by atoms with E-state index in [4.69, 9.17) is 10.5 Å². The van der Waals surface area contributed by atoms with Crippen LogP contribution in [-0.2, 0) is 6.42 Å². The van der Waals surface area contributed by atoms with Gasteiger partial charge in [-0.15, -0.1) is 0 Å². The Hall–Kier alpha value is -3.68. The van der Waals surface area contributed by atoms with E-state index in [1.165, 1.54) is 12.1 Å². The van der Waals surface area contributed by atoms with Crippen LogP contribution in [0.25, 0.3) is 16.8 Å². The van der Waals surface area contributed by atoms with Crippen molar-refractivity contribution in [2.24, 2.45) is 0 Å². The van der Waals surface area contributed by atoms with Crippen LogP contribution in [-0.4, -0.2) is 31.6 Å². The maximum atomic E-state index is 13.8. The van der Waals surface area contributed by atoms with Crippen LogP contribution in [0.5, 0.6) is 5.75 Å². The lowest BCUT2D eigenvalue weighted by atomic mass is 10.1. The summed E-state index contributed by atoms with van der Waals surface area (Å²) in [6, 6.07) is 8.30. The van der Waals surface area contributed by atoms with E-state index in [-0.39, 0.29) is 5.82 Å². The molecule has 3 N–H and O–H groups in total. The Morgan fingerprint density at radius 2 is 2.10 bits per heavy atom. The average Bonchev–Trinajstić information content (AvgIpc) is 3.34. The molecule has 0 unspecified atom stereocenters. The molecule has 0 amide bonds. The lowest BCUT2D eigenvalue weighted by molar-refractivity contribution is 0.322. The summed E-state index contributed by atoms with van der Waals surface area (Å²) in [7, 11) is 0. The van der Waals surface area contributed by atoms with Crippen LogP contribution in [0, 0.1) is 19.7 Å². The second kappa shape index (κ2) is 7.75. The number of nitrogen functional groups attached to an aromatic ring is 1. The van der Waals surface area contributed by atoms with E-state index in [1.807, 2.05) is 32.2 Å². The van der Waals surface area contributed by atoms with Gasteiger partial charge in [0.2, 0.25) is 0 Å². The normalized spacial score (nSPS) is 11.0. The molecule has 0 fully saturated rings. The van der Waals surface area contributed by atoms with Gasteiger partial charge in [0.05, 0.1) is 18.0 Å². The van der Waals surface area contributed by atoms with Crippen LogP contribution in [0.2, 0.25) is 0 Å². The van der Waals surface area contributed by atoms with Gasteiger partial charge in [-0.3, -0.25) is 5.10 Å². The van der Waals surface area contributed by atoms with Crippen molar-refractivity contribution >= 4 is 5.82 Å². The molecule has 0 spiro atoms.